The van der Waals surface area contributed by atoms with E-state index in [1.54, 1.807) is 0 Å². The molecule has 8 heavy (non-hydrogen) atoms. The Hall–Kier alpha value is -0.0400. The molecule has 0 amide bonds. The van der Waals surface area contributed by atoms with Gasteiger partial charge in [0.2, 0.25) is 0 Å². The van der Waals surface area contributed by atoms with E-state index in [4.69, 9.17) is 2.74 Å². The van der Waals surface area contributed by atoms with Gasteiger partial charge >= 0.3 is 0 Å². The molecule has 0 aromatic rings. The zero-order chi connectivity index (χ0) is 7.99. The van der Waals surface area contributed by atoms with Crippen molar-refractivity contribution in [3.63, 3.8) is 0 Å². The van der Waals surface area contributed by atoms with Crippen LogP contribution in [0.25, 0.3) is 0 Å². The molecule has 0 saturated carbocycles. The summed E-state index contributed by atoms with van der Waals surface area (Å²) in [4.78, 5) is 0. The highest BCUT2D eigenvalue weighted by atomic mass is 15.0. The van der Waals surface area contributed by atoms with Crippen LogP contribution in [-0.2, 0) is 0 Å². The van der Waals surface area contributed by atoms with Crippen LogP contribution in [0.2, 0.25) is 0 Å². The van der Waals surface area contributed by atoms with Gasteiger partial charge in [0, 0.05) is 8.28 Å². The van der Waals surface area contributed by atoms with Crippen molar-refractivity contribution in [2.75, 3.05) is 6.50 Å². The molecule has 1 aliphatic rings. The zero-order valence-electron chi connectivity index (χ0n) is 7.78. The van der Waals surface area contributed by atoms with Gasteiger partial charge in [-0.3, -0.25) is 0 Å². The Morgan fingerprint density at radius 3 is 2.50 bits per heavy atom. The molecule has 0 aromatic heterocycles. The normalized spacial score (nSPS) is 45.6. The molecule has 1 saturated heterocycles. The molecule has 1 nitrogen and oxygen atoms in total. The summed E-state index contributed by atoms with van der Waals surface area (Å²) >= 11 is 0. The third kappa shape index (κ3) is 1.22. The van der Waals surface area contributed by atoms with Crippen LogP contribution in [0.1, 0.15) is 29.9 Å². The minimum absolute atomic E-state index is 0.0249. The second-order valence-corrected chi connectivity index (χ2v) is 3.26. The lowest BCUT2D eigenvalue weighted by molar-refractivity contribution is 0.448. The lowest BCUT2D eigenvalue weighted by atomic mass is 9.99. The number of nitrogens with one attached hydrogen (secondary N) is 1. The van der Waals surface area contributed by atoms with Gasteiger partial charge in [-0.15, -0.1) is 0 Å². The molecule has 0 radical (unpaired) electrons. The zero-order valence-corrected chi connectivity index (χ0v) is 5.78. The van der Waals surface area contributed by atoms with Crippen molar-refractivity contribution >= 4 is 0 Å². The van der Waals surface area contributed by atoms with Crippen LogP contribution < -0.4 is 5.32 Å². The quantitative estimate of drug-likeness (QED) is 0.503. The van der Waals surface area contributed by atoms with E-state index in [0.717, 1.165) is 6.42 Å². The Bertz CT molecular complexity index is 143. The van der Waals surface area contributed by atoms with E-state index in [2.05, 4.69) is 5.32 Å². The molecule has 48 valence electrons. The van der Waals surface area contributed by atoms with Crippen molar-refractivity contribution in [3.8, 4) is 0 Å². The molecule has 0 spiro atoms. The second-order valence-electron chi connectivity index (χ2n) is 3.26. The summed E-state index contributed by atoms with van der Waals surface area (Å²) in [6, 6.07) is 0. The van der Waals surface area contributed by atoms with E-state index in [0.29, 0.717) is 0 Å². The van der Waals surface area contributed by atoms with Gasteiger partial charge < -0.3 is 5.32 Å². The summed E-state index contributed by atoms with van der Waals surface area (Å²) in [6.07, 6.45) is 0.917. The minimum atomic E-state index is -1.16. The van der Waals surface area contributed by atoms with Gasteiger partial charge in [-0.1, -0.05) is 6.92 Å². The third-order valence-corrected chi connectivity index (χ3v) is 1.47. The second kappa shape index (κ2) is 1.73. The molecule has 1 heterocycles. The van der Waals surface area contributed by atoms with Gasteiger partial charge in [-0.25, -0.2) is 0 Å². The maximum absolute atomic E-state index is 7.50. The van der Waals surface area contributed by atoms with Crippen molar-refractivity contribution in [1.82, 2.24) is 5.32 Å². The number of hydrogen-bond donors (Lipinski definition) is 1. The highest BCUT2D eigenvalue weighted by molar-refractivity contribution is 4.86. The molecule has 1 fully saturated rings. The third-order valence-electron chi connectivity index (χ3n) is 1.47. The molecule has 0 aliphatic carbocycles. The van der Waals surface area contributed by atoms with Crippen LogP contribution in [0.5, 0.6) is 0 Å². The van der Waals surface area contributed by atoms with E-state index in [-0.39, 0.29) is 11.5 Å². The summed E-state index contributed by atoms with van der Waals surface area (Å²) in [7, 11) is 0. The Balaban J connectivity index is 2.71. The Kier molecular flexibility index (Phi) is 0.840. The standard InChI is InChI=1S/C7H15N/c1-6-4-7(2,3)8-5-6/h6,8H,4-5H2,1-3H3/t6-/m1/s1/i5D2. The summed E-state index contributed by atoms with van der Waals surface area (Å²) in [6.45, 7) is 4.86. The molecule has 0 unspecified atom stereocenters. The number of hydrogen-bond acceptors (Lipinski definition) is 1. The molecule has 1 heteroatoms. The van der Waals surface area contributed by atoms with E-state index < -0.39 is 6.50 Å². The predicted octanol–water partition coefficient (Wildman–Crippen LogP) is 1.39. The predicted molar refractivity (Wildman–Crippen MR) is 35.9 cm³/mol. The van der Waals surface area contributed by atoms with Crippen LogP contribution in [0.3, 0.4) is 0 Å². The fourth-order valence-corrected chi connectivity index (χ4v) is 1.19. The van der Waals surface area contributed by atoms with Crippen molar-refractivity contribution in [1.29, 1.82) is 0 Å². The molecule has 0 bridgehead atoms. The van der Waals surface area contributed by atoms with Gasteiger partial charge in [0.25, 0.3) is 0 Å². The SMILES string of the molecule is [2H]C1([2H])NC(C)(C)C[C@H]1C. The molecule has 1 N–H and O–H groups in total. The first kappa shape index (κ1) is 3.89. The molecule has 0 aromatic carbocycles. The van der Waals surface area contributed by atoms with Crippen molar-refractivity contribution in [2.45, 2.75) is 32.7 Å². The summed E-state index contributed by atoms with van der Waals surface area (Å²) in [5.74, 6) is 0.127. The van der Waals surface area contributed by atoms with E-state index in [1.807, 2.05) is 20.8 Å². The van der Waals surface area contributed by atoms with Gasteiger partial charge in [-0.2, -0.15) is 0 Å². The smallest absolute Gasteiger partial charge is 0.0431 e. The maximum atomic E-state index is 7.50. The van der Waals surface area contributed by atoms with Gasteiger partial charge in [0.1, 0.15) is 0 Å². The average Bonchev–Trinajstić information content (AvgIpc) is 1.73. The van der Waals surface area contributed by atoms with Gasteiger partial charge in [0.15, 0.2) is 0 Å². The van der Waals surface area contributed by atoms with Gasteiger partial charge in [-0.05, 0) is 32.7 Å². The molecular weight excluding hydrogens is 98.1 g/mol. The Morgan fingerprint density at radius 1 is 1.75 bits per heavy atom. The van der Waals surface area contributed by atoms with Gasteiger partial charge in [0.05, 0.1) is 0 Å². The first-order valence-electron chi connectivity index (χ1n) is 4.13. The maximum Gasteiger partial charge on any atom is 0.0431 e. The van der Waals surface area contributed by atoms with Crippen molar-refractivity contribution in [2.24, 2.45) is 5.92 Å². The van der Waals surface area contributed by atoms with E-state index in [1.165, 1.54) is 0 Å². The summed E-state index contributed by atoms with van der Waals surface area (Å²) < 4.78 is 15.0. The number of rotatable bonds is 0. The van der Waals surface area contributed by atoms with E-state index >= 15 is 0 Å². The van der Waals surface area contributed by atoms with Crippen LogP contribution in [0.4, 0.5) is 0 Å². The molecule has 1 rings (SSSR count). The first-order valence-corrected chi connectivity index (χ1v) is 3.13. The lowest BCUT2D eigenvalue weighted by Crippen LogP contribution is -2.31. The van der Waals surface area contributed by atoms with Crippen molar-refractivity contribution in [3.05, 3.63) is 0 Å². The first-order chi connectivity index (χ1) is 4.33. The minimum Gasteiger partial charge on any atom is -0.312 e. The topological polar surface area (TPSA) is 12.0 Å². The summed E-state index contributed by atoms with van der Waals surface area (Å²) in [5, 5.41) is 2.95. The fourth-order valence-electron chi connectivity index (χ4n) is 1.19. The molecule has 1 atom stereocenters. The monoisotopic (exact) mass is 115 g/mol. The lowest BCUT2D eigenvalue weighted by Gasteiger charge is -2.16. The fraction of sp³-hybridized carbons (Fsp3) is 1.00. The largest absolute Gasteiger partial charge is 0.312 e. The highest BCUT2D eigenvalue weighted by Crippen LogP contribution is 2.21. The molecule has 1 aliphatic heterocycles. The molecular formula is C7H15N. The Morgan fingerprint density at radius 2 is 2.38 bits per heavy atom. The van der Waals surface area contributed by atoms with Crippen LogP contribution in [0, 0.1) is 5.92 Å². The highest BCUT2D eigenvalue weighted by Gasteiger charge is 2.26. The Labute approximate surface area is 54.3 Å². The summed E-state index contributed by atoms with van der Waals surface area (Å²) in [5.41, 5.74) is -0.0249. The average molecular weight is 115 g/mol. The van der Waals surface area contributed by atoms with Crippen LogP contribution in [0.15, 0.2) is 0 Å². The van der Waals surface area contributed by atoms with Crippen LogP contribution >= 0.6 is 0 Å². The van der Waals surface area contributed by atoms with Crippen molar-refractivity contribution < 1.29 is 2.74 Å². The van der Waals surface area contributed by atoms with E-state index in [9.17, 15) is 0 Å². The van der Waals surface area contributed by atoms with Crippen LogP contribution in [-0.4, -0.2) is 12.0 Å².